The highest BCUT2D eigenvalue weighted by Crippen LogP contribution is 2.18. The Labute approximate surface area is 172 Å². The van der Waals surface area contributed by atoms with Crippen LogP contribution >= 0.6 is 0 Å². The molecular weight excluding hydrogens is 390 g/mol. The molecule has 2 rings (SSSR count). The van der Waals surface area contributed by atoms with E-state index < -0.39 is 16.0 Å². The fourth-order valence-corrected chi connectivity index (χ4v) is 4.49. The summed E-state index contributed by atoms with van der Waals surface area (Å²) in [6.45, 7) is 9.62. The molecule has 0 amide bonds. The standard InChI is InChI=1S/C22H27NO5S/c1-6-23(7-2)29(26,27)19-10-8-18(9-11-19)22(25)28-14-21(24)20-13-16(4)15(3)12-17(20)5/h8-13H,6-7,14H2,1-5H3. The number of carbonyl (C=O) groups excluding carboxylic acids is 2. The number of nitrogens with zero attached hydrogens (tertiary/aromatic N) is 1. The van der Waals surface area contributed by atoms with Crippen molar-refractivity contribution in [2.75, 3.05) is 19.7 Å². The highest BCUT2D eigenvalue weighted by Gasteiger charge is 2.22. The topological polar surface area (TPSA) is 80.8 Å². The maximum absolute atomic E-state index is 12.5. The Morgan fingerprint density at radius 3 is 2.00 bits per heavy atom. The molecule has 29 heavy (non-hydrogen) atoms. The molecule has 0 heterocycles. The van der Waals surface area contributed by atoms with Gasteiger partial charge in [0.25, 0.3) is 0 Å². The summed E-state index contributed by atoms with van der Waals surface area (Å²) in [6.07, 6.45) is 0. The van der Waals surface area contributed by atoms with E-state index in [2.05, 4.69) is 0 Å². The Kier molecular flexibility index (Phi) is 7.32. The normalized spacial score (nSPS) is 11.5. The number of benzene rings is 2. The molecule has 0 unspecified atom stereocenters. The van der Waals surface area contributed by atoms with Crippen molar-refractivity contribution < 1.29 is 22.7 Å². The first-order valence-corrected chi connectivity index (χ1v) is 10.9. The third-order valence-electron chi connectivity index (χ3n) is 4.91. The van der Waals surface area contributed by atoms with Gasteiger partial charge in [-0.1, -0.05) is 19.9 Å². The number of aryl methyl sites for hydroxylation is 3. The minimum Gasteiger partial charge on any atom is -0.454 e. The van der Waals surface area contributed by atoms with Crippen LogP contribution in [-0.4, -0.2) is 44.2 Å². The molecule has 156 valence electrons. The van der Waals surface area contributed by atoms with Crippen LogP contribution in [0, 0.1) is 20.8 Å². The molecule has 0 saturated heterocycles. The molecule has 0 aliphatic carbocycles. The van der Waals surface area contributed by atoms with E-state index in [0.717, 1.165) is 16.7 Å². The lowest BCUT2D eigenvalue weighted by molar-refractivity contribution is 0.0474. The van der Waals surface area contributed by atoms with Crippen molar-refractivity contribution >= 4 is 21.8 Å². The number of ether oxygens (including phenoxy) is 1. The first-order valence-electron chi connectivity index (χ1n) is 9.50. The second kappa shape index (κ2) is 9.33. The predicted octanol–water partition coefficient (Wildman–Crippen LogP) is 3.68. The summed E-state index contributed by atoms with van der Waals surface area (Å²) in [7, 11) is -3.59. The summed E-state index contributed by atoms with van der Waals surface area (Å²) in [6, 6.07) is 9.27. The van der Waals surface area contributed by atoms with Crippen LogP contribution in [0.15, 0.2) is 41.3 Å². The van der Waals surface area contributed by atoms with Crippen LogP contribution in [0.3, 0.4) is 0 Å². The molecule has 0 radical (unpaired) electrons. The van der Waals surface area contributed by atoms with Gasteiger partial charge in [0.15, 0.2) is 6.61 Å². The molecular formula is C22H27NO5S. The van der Waals surface area contributed by atoms with Crippen molar-refractivity contribution in [3.63, 3.8) is 0 Å². The fourth-order valence-electron chi connectivity index (χ4n) is 3.03. The number of esters is 1. The summed E-state index contributed by atoms with van der Waals surface area (Å²) in [4.78, 5) is 24.8. The third-order valence-corrected chi connectivity index (χ3v) is 6.97. The van der Waals surface area contributed by atoms with Gasteiger partial charge < -0.3 is 4.74 Å². The average molecular weight is 418 g/mol. The number of carbonyl (C=O) groups is 2. The van der Waals surface area contributed by atoms with Gasteiger partial charge in [-0.15, -0.1) is 0 Å². The molecule has 2 aromatic rings. The van der Waals surface area contributed by atoms with Gasteiger partial charge in [-0.3, -0.25) is 4.79 Å². The van der Waals surface area contributed by atoms with Crippen molar-refractivity contribution in [3.05, 3.63) is 64.2 Å². The lowest BCUT2D eigenvalue weighted by Crippen LogP contribution is -2.30. The van der Waals surface area contributed by atoms with Gasteiger partial charge in [-0.25, -0.2) is 13.2 Å². The van der Waals surface area contributed by atoms with E-state index >= 15 is 0 Å². The van der Waals surface area contributed by atoms with E-state index in [1.807, 2.05) is 26.8 Å². The maximum atomic E-state index is 12.5. The summed E-state index contributed by atoms with van der Waals surface area (Å²) in [5, 5.41) is 0. The van der Waals surface area contributed by atoms with Crippen molar-refractivity contribution in [2.24, 2.45) is 0 Å². The molecule has 7 heteroatoms. The van der Waals surface area contributed by atoms with Crippen LogP contribution in [0.25, 0.3) is 0 Å². The Bertz CT molecular complexity index is 1010. The Morgan fingerprint density at radius 1 is 0.897 bits per heavy atom. The quantitative estimate of drug-likeness (QED) is 0.483. The maximum Gasteiger partial charge on any atom is 0.338 e. The number of rotatable bonds is 8. The van der Waals surface area contributed by atoms with Gasteiger partial charge in [0, 0.05) is 18.7 Å². The van der Waals surface area contributed by atoms with E-state index in [-0.39, 0.29) is 22.8 Å². The zero-order valence-corrected chi connectivity index (χ0v) is 18.3. The molecule has 0 spiro atoms. The monoisotopic (exact) mass is 417 g/mol. The average Bonchev–Trinajstić information content (AvgIpc) is 2.69. The predicted molar refractivity (Wildman–Crippen MR) is 112 cm³/mol. The van der Waals surface area contributed by atoms with Crippen LogP contribution in [-0.2, 0) is 14.8 Å². The second-order valence-corrected chi connectivity index (χ2v) is 8.80. The number of ketones is 1. The lowest BCUT2D eigenvalue weighted by Gasteiger charge is -2.18. The highest BCUT2D eigenvalue weighted by molar-refractivity contribution is 7.89. The van der Waals surface area contributed by atoms with Gasteiger partial charge in [-0.2, -0.15) is 4.31 Å². The van der Waals surface area contributed by atoms with Crippen molar-refractivity contribution in [2.45, 2.75) is 39.5 Å². The van der Waals surface area contributed by atoms with Gasteiger partial charge in [-0.05, 0) is 67.8 Å². The third kappa shape index (κ3) is 5.10. The summed E-state index contributed by atoms with van der Waals surface area (Å²) in [5.41, 5.74) is 3.64. The van der Waals surface area contributed by atoms with Crippen LogP contribution in [0.5, 0.6) is 0 Å². The van der Waals surface area contributed by atoms with E-state index in [0.29, 0.717) is 18.7 Å². The molecule has 0 N–H and O–H groups in total. The molecule has 0 atom stereocenters. The van der Waals surface area contributed by atoms with Crippen molar-refractivity contribution in [3.8, 4) is 0 Å². The molecule has 0 fully saturated rings. The Balaban J connectivity index is 2.08. The zero-order chi connectivity index (χ0) is 21.8. The van der Waals surface area contributed by atoms with Crippen LogP contribution < -0.4 is 0 Å². The van der Waals surface area contributed by atoms with E-state index in [4.69, 9.17) is 4.74 Å². The minimum absolute atomic E-state index is 0.111. The number of sulfonamides is 1. The zero-order valence-electron chi connectivity index (χ0n) is 17.5. The summed E-state index contributed by atoms with van der Waals surface area (Å²) < 4.78 is 31.5. The molecule has 0 aliphatic heterocycles. The molecule has 0 aliphatic rings. The van der Waals surface area contributed by atoms with Gasteiger partial charge in [0.1, 0.15) is 0 Å². The SMILES string of the molecule is CCN(CC)S(=O)(=O)c1ccc(C(=O)OCC(=O)c2cc(C)c(C)cc2C)cc1. The van der Waals surface area contributed by atoms with Gasteiger partial charge in [0.05, 0.1) is 10.5 Å². The van der Waals surface area contributed by atoms with Gasteiger partial charge >= 0.3 is 5.97 Å². The van der Waals surface area contributed by atoms with Crippen molar-refractivity contribution in [1.29, 1.82) is 0 Å². The molecule has 6 nitrogen and oxygen atoms in total. The first kappa shape index (κ1) is 22.8. The fraction of sp³-hybridized carbons (Fsp3) is 0.364. The summed E-state index contributed by atoms with van der Waals surface area (Å²) in [5.74, 6) is -0.952. The smallest absolute Gasteiger partial charge is 0.338 e. The van der Waals surface area contributed by atoms with Crippen LogP contribution in [0.4, 0.5) is 0 Å². The highest BCUT2D eigenvalue weighted by atomic mass is 32.2. The molecule has 2 aromatic carbocycles. The van der Waals surface area contributed by atoms with Crippen LogP contribution in [0.2, 0.25) is 0 Å². The van der Waals surface area contributed by atoms with Crippen LogP contribution in [0.1, 0.15) is 51.3 Å². The van der Waals surface area contributed by atoms with Gasteiger partial charge in [0.2, 0.25) is 15.8 Å². The number of hydrogen-bond acceptors (Lipinski definition) is 5. The summed E-state index contributed by atoms with van der Waals surface area (Å²) >= 11 is 0. The van der Waals surface area contributed by atoms with Crippen molar-refractivity contribution in [1.82, 2.24) is 4.31 Å². The van der Waals surface area contributed by atoms with E-state index in [1.165, 1.54) is 28.6 Å². The lowest BCUT2D eigenvalue weighted by atomic mass is 9.98. The molecule has 0 bridgehead atoms. The number of Topliss-reactive ketones (excluding diaryl/α,β-unsaturated/α-hetero) is 1. The molecule has 0 saturated carbocycles. The minimum atomic E-state index is -3.59. The van der Waals surface area contributed by atoms with E-state index in [9.17, 15) is 18.0 Å². The molecule has 0 aromatic heterocycles. The van der Waals surface area contributed by atoms with E-state index in [1.54, 1.807) is 19.9 Å². The second-order valence-electron chi connectivity index (χ2n) is 6.86. The number of hydrogen-bond donors (Lipinski definition) is 0. The largest absolute Gasteiger partial charge is 0.454 e. The first-order chi connectivity index (χ1) is 13.6. The Hall–Kier alpha value is -2.51. The Morgan fingerprint density at radius 2 is 1.45 bits per heavy atom.